The third kappa shape index (κ3) is 2.50. The maximum Gasteiger partial charge on any atom is 0.159 e. The standard InChI is InChI=1S/C23H24N4/c1-2-4-14(5-3-1)12-19-16-8-6-15(7-9-17(16)19)22-21-18-10-11-24-23(18)25-13-20(21)26-27-22/h1-5,10-11,13,15-17,19,26-27H,6-9,12H2. The first-order valence-corrected chi connectivity index (χ1v) is 10.2. The van der Waals surface area contributed by atoms with Crippen molar-refractivity contribution >= 4 is 21.9 Å². The van der Waals surface area contributed by atoms with Crippen molar-refractivity contribution in [2.75, 3.05) is 0 Å². The summed E-state index contributed by atoms with van der Waals surface area (Å²) in [6.45, 7) is 0. The van der Waals surface area contributed by atoms with E-state index in [1.165, 1.54) is 54.1 Å². The predicted molar refractivity (Wildman–Crippen MR) is 108 cm³/mol. The van der Waals surface area contributed by atoms with E-state index in [-0.39, 0.29) is 0 Å². The van der Waals surface area contributed by atoms with Crippen molar-refractivity contribution in [3.63, 3.8) is 0 Å². The molecule has 136 valence electrons. The topological polar surface area (TPSA) is 57.4 Å². The molecule has 3 heterocycles. The van der Waals surface area contributed by atoms with Gasteiger partial charge in [-0.2, -0.15) is 0 Å². The number of hydrogen-bond donors (Lipinski definition) is 2. The van der Waals surface area contributed by atoms with E-state index in [0.717, 1.165) is 28.9 Å². The minimum Gasteiger partial charge on any atom is -0.304 e. The monoisotopic (exact) mass is 356 g/mol. The van der Waals surface area contributed by atoms with E-state index in [0.29, 0.717) is 5.92 Å². The summed E-state index contributed by atoms with van der Waals surface area (Å²) < 4.78 is 0. The van der Waals surface area contributed by atoms with Gasteiger partial charge in [0.1, 0.15) is 0 Å². The van der Waals surface area contributed by atoms with Crippen LogP contribution in [0.25, 0.3) is 21.9 Å². The maximum absolute atomic E-state index is 4.45. The molecule has 3 aromatic heterocycles. The number of hydrogen-bond acceptors (Lipinski definition) is 2. The molecule has 2 fully saturated rings. The van der Waals surface area contributed by atoms with E-state index in [2.05, 4.69) is 56.6 Å². The minimum atomic E-state index is 0.615. The van der Waals surface area contributed by atoms with Crippen LogP contribution in [0.1, 0.15) is 42.9 Å². The van der Waals surface area contributed by atoms with Gasteiger partial charge >= 0.3 is 0 Å². The highest BCUT2D eigenvalue weighted by Crippen LogP contribution is 2.57. The van der Waals surface area contributed by atoms with Gasteiger partial charge in [0.15, 0.2) is 5.65 Å². The molecule has 0 aliphatic heterocycles. The number of pyridine rings is 1. The molecule has 0 saturated heterocycles. The molecular weight excluding hydrogens is 332 g/mol. The lowest BCUT2D eigenvalue weighted by Gasteiger charge is -2.15. The van der Waals surface area contributed by atoms with Crippen LogP contribution < -0.4 is 0 Å². The first kappa shape index (κ1) is 15.4. The summed E-state index contributed by atoms with van der Waals surface area (Å²) in [5, 5.41) is 9.30. The van der Waals surface area contributed by atoms with E-state index in [1.807, 2.05) is 12.4 Å². The number of nitrogens with one attached hydrogen (secondary N) is 2. The molecule has 1 aromatic carbocycles. The van der Waals surface area contributed by atoms with Crippen LogP contribution in [-0.4, -0.2) is 20.2 Å². The van der Waals surface area contributed by atoms with Gasteiger partial charge in [-0.25, -0.2) is 9.97 Å². The van der Waals surface area contributed by atoms with Crippen LogP contribution in [0.15, 0.2) is 48.8 Å². The molecule has 2 unspecified atom stereocenters. The Labute approximate surface area is 158 Å². The van der Waals surface area contributed by atoms with Gasteiger partial charge in [-0.15, -0.1) is 0 Å². The number of H-pyrrole nitrogens is 2. The third-order valence-electron chi connectivity index (χ3n) is 7.06. The highest BCUT2D eigenvalue weighted by atomic mass is 15.1. The van der Waals surface area contributed by atoms with Crippen molar-refractivity contribution in [2.45, 2.75) is 38.0 Å². The fourth-order valence-corrected chi connectivity index (χ4v) is 5.64. The zero-order chi connectivity index (χ0) is 17.8. The Morgan fingerprint density at radius 1 is 0.889 bits per heavy atom. The first-order chi connectivity index (χ1) is 13.4. The van der Waals surface area contributed by atoms with Crippen LogP contribution in [0, 0.1) is 17.8 Å². The average Bonchev–Trinajstić information content (AvgIpc) is 3.01. The molecule has 6 rings (SSSR count). The van der Waals surface area contributed by atoms with Gasteiger partial charge in [-0.3, -0.25) is 5.10 Å². The molecule has 2 atom stereocenters. The summed E-state index contributed by atoms with van der Waals surface area (Å²) in [6.07, 6.45) is 10.3. The van der Waals surface area contributed by atoms with Crippen LogP contribution in [0.4, 0.5) is 0 Å². The molecule has 0 amide bonds. The van der Waals surface area contributed by atoms with Gasteiger partial charge < -0.3 is 5.10 Å². The molecule has 0 spiro atoms. The highest BCUT2D eigenvalue weighted by Gasteiger charge is 2.50. The molecule has 2 aliphatic carbocycles. The molecule has 0 bridgehead atoms. The van der Waals surface area contributed by atoms with Crippen molar-refractivity contribution in [1.82, 2.24) is 20.2 Å². The van der Waals surface area contributed by atoms with Gasteiger partial charge in [0, 0.05) is 28.6 Å². The van der Waals surface area contributed by atoms with Gasteiger partial charge in [-0.05, 0) is 61.5 Å². The van der Waals surface area contributed by atoms with E-state index in [9.17, 15) is 0 Å². The second kappa shape index (κ2) is 5.95. The second-order valence-corrected chi connectivity index (χ2v) is 8.43. The number of rotatable bonds is 3. The minimum absolute atomic E-state index is 0.615. The third-order valence-corrected chi connectivity index (χ3v) is 7.06. The average molecular weight is 356 g/mol. The molecule has 4 aromatic rings. The maximum atomic E-state index is 4.45. The lowest BCUT2D eigenvalue weighted by molar-refractivity contribution is 0.505. The Morgan fingerprint density at radius 2 is 1.70 bits per heavy atom. The van der Waals surface area contributed by atoms with Crippen LogP contribution in [-0.2, 0) is 6.42 Å². The summed E-state index contributed by atoms with van der Waals surface area (Å²) in [4.78, 5) is 8.84. The van der Waals surface area contributed by atoms with Gasteiger partial charge in [-0.1, -0.05) is 30.3 Å². The van der Waals surface area contributed by atoms with Crippen LogP contribution in [0.3, 0.4) is 0 Å². The number of fused-ring (bicyclic) bond motifs is 4. The molecular formula is C23H24N4. The molecule has 2 saturated carbocycles. The Morgan fingerprint density at radius 3 is 2.52 bits per heavy atom. The van der Waals surface area contributed by atoms with Crippen molar-refractivity contribution in [3.8, 4) is 0 Å². The summed E-state index contributed by atoms with van der Waals surface area (Å²) in [7, 11) is 0. The largest absolute Gasteiger partial charge is 0.304 e. The number of nitrogens with zero attached hydrogens (tertiary/aromatic N) is 2. The number of benzene rings is 1. The summed E-state index contributed by atoms with van der Waals surface area (Å²) in [5.74, 6) is 3.39. The van der Waals surface area contributed by atoms with E-state index in [1.54, 1.807) is 0 Å². The highest BCUT2D eigenvalue weighted by molar-refractivity contribution is 6.04. The Hall–Kier alpha value is -2.62. The molecule has 0 radical (unpaired) electrons. The van der Waals surface area contributed by atoms with E-state index < -0.39 is 0 Å². The number of aromatic amines is 2. The fraction of sp³-hybridized carbons (Fsp3) is 0.391. The van der Waals surface area contributed by atoms with Crippen LogP contribution in [0.2, 0.25) is 0 Å². The number of aromatic nitrogens is 4. The van der Waals surface area contributed by atoms with Crippen LogP contribution in [0.5, 0.6) is 0 Å². The van der Waals surface area contributed by atoms with Crippen molar-refractivity contribution in [2.24, 2.45) is 17.8 Å². The summed E-state index contributed by atoms with van der Waals surface area (Å²) >= 11 is 0. The lowest BCUT2D eigenvalue weighted by atomic mass is 9.91. The van der Waals surface area contributed by atoms with Crippen molar-refractivity contribution < 1.29 is 0 Å². The van der Waals surface area contributed by atoms with Crippen LogP contribution >= 0.6 is 0 Å². The normalized spacial score (nSPS) is 27.6. The molecule has 2 N–H and O–H groups in total. The Balaban J connectivity index is 1.23. The quantitative estimate of drug-likeness (QED) is 0.530. The zero-order valence-corrected chi connectivity index (χ0v) is 15.4. The molecule has 4 nitrogen and oxygen atoms in total. The first-order valence-electron chi connectivity index (χ1n) is 10.2. The molecule has 27 heavy (non-hydrogen) atoms. The van der Waals surface area contributed by atoms with Gasteiger partial charge in [0.2, 0.25) is 0 Å². The smallest absolute Gasteiger partial charge is 0.159 e. The van der Waals surface area contributed by atoms with Gasteiger partial charge in [0.05, 0.1) is 11.7 Å². The molecule has 4 heteroatoms. The fourth-order valence-electron chi connectivity index (χ4n) is 5.64. The summed E-state index contributed by atoms with van der Waals surface area (Å²) in [6, 6.07) is 13.1. The second-order valence-electron chi connectivity index (χ2n) is 8.43. The van der Waals surface area contributed by atoms with E-state index >= 15 is 0 Å². The molecule has 2 aliphatic rings. The van der Waals surface area contributed by atoms with Crippen molar-refractivity contribution in [3.05, 3.63) is 60.0 Å². The van der Waals surface area contributed by atoms with Gasteiger partial charge in [0.25, 0.3) is 0 Å². The Bertz CT molecular complexity index is 1080. The summed E-state index contributed by atoms with van der Waals surface area (Å²) in [5.41, 5.74) is 4.83. The SMILES string of the molecule is c1ccc(CC2C3CCC(c4[nH][nH]c5cnc6nccc6c45)CCC32)cc1. The zero-order valence-electron chi connectivity index (χ0n) is 15.4. The predicted octanol–water partition coefficient (Wildman–Crippen LogP) is 5.20. The lowest BCUT2D eigenvalue weighted by Crippen LogP contribution is -2.02. The van der Waals surface area contributed by atoms with E-state index in [4.69, 9.17) is 0 Å². The van der Waals surface area contributed by atoms with Crippen molar-refractivity contribution in [1.29, 1.82) is 0 Å². The Kier molecular flexibility index (Phi) is 3.40.